The van der Waals surface area contributed by atoms with Gasteiger partial charge in [-0.25, -0.2) is 4.98 Å². The first-order valence-electron chi connectivity index (χ1n) is 9.66. The van der Waals surface area contributed by atoms with Crippen LogP contribution in [0.15, 0.2) is 30.5 Å². The Kier molecular flexibility index (Phi) is 5.09. The number of rotatable bonds is 7. The smallest absolute Gasteiger partial charge is 0.225 e. The van der Waals surface area contributed by atoms with Crippen molar-refractivity contribution >= 4 is 11.8 Å². The molecular formula is C20H27N5. The number of pyridine rings is 1. The van der Waals surface area contributed by atoms with Crippen LogP contribution in [0.4, 0.5) is 11.8 Å². The van der Waals surface area contributed by atoms with Gasteiger partial charge in [-0.15, -0.1) is 0 Å². The molecule has 0 spiro atoms. The molecule has 0 atom stereocenters. The molecule has 0 radical (unpaired) electrons. The maximum absolute atomic E-state index is 4.78. The molecule has 0 bridgehead atoms. The van der Waals surface area contributed by atoms with Crippen LogP contribution >= 0.6 is 0 Å². The molecule has 132 valence electrons. The van der Waals surface area contributed by atoms with E-state index in [1.165, 1.54) is 50.6 Å². The van der Waals surface area contributed by atoms with Gasteiger partial charge < -0.3 is 10.6 Å². The quantitative estimate of drug-likeness (QED) is 0.795. The molecule has 2 aromatic heterocycles. The molecule has 0 unspecified atom stereocenters. The van der Waals surface area contributed by atoms with Crippen LogP contribution in [-0.4, -0.2) is 27.5 Å². The molecule has 2 saturated carbocycles. The van der Waals surface area contributed by atoms with Crippen LogP contribution in [0.2, 0.25) is 0 Å². The first-order valence-corrected chi connectivity index (χ1v) is 9.66. The fourth-order valence-corrected chi connectivity index (χ4v) is 3.50. The Bertz CT molecular complexity index is 678. The summed E-state index contributed by atoms with van der Waals surface area (Å²) in [5.41, 5.74) is 2.29. The van der Waals surface area contributed by atoms with Gasteiger partial charge in [0.25, 0.3) is 0 Å². The van der Waals surface area contributed by atoms with Crippen LogP contribution in [0.5, 0.6) is 0 Å². The Labute approximate surface area is 149 Å². The molecule has 0 amide bonds. The highest BCUT2D eigenvalue weighted by molar-refractivity contribution is 5.44. The fourth-order valence-electron chi connectivity index (χ4n) is 3.50. The summed E-state index contributed by atoms with van der Waals surface area (Å²) in [5, 5.41) is 7.04. The van der Waals surface area contributed by atoms with Crippen LogP contribution < -0.4 is 10.6 Å². The summed E-state index contributed by atoms with van der Waals surface area (Å²) in [6.45, 7) is 0.834. The van der Waals surface area contributed by atoms with E-state index in [1.54, 1.807) is 0 Å². The zero-order valence-corrected chi connectivity index (χ0v) is 14.7. The number of anilines is 2. The van der Waals surface area contributed by atoms with E-state index in [1.807, 2.05) is 18.3 Å². The van der Waals surface area contributed by atoms with Gasteiger partial charge >= 0.3 is 0 Å². The van der Waals surface area contributed by atoms with E-state index in [0.717, 1.165) is 30.4 Å². The third-order valence-electron chi connectivity index (χ3n) is 5.09. The topological polar surface area (TPSA) is 62.7 Å². The van der Waals surface area contributed by atoms with Crippen molar-refractivity contribution in [2.45, 2.75) is 63.3 Å². The van der Waals surface area contributed by atoms with Crippen LogP contribution in [0, 0.1) is 0 Å². The Hall–Kier alpha value is -2.17. The number of nitrogens with zero attached hydrogens (tertiary/aromatic N) is 3. The highest BCUT2D eigenvalue weighted by atomic mass is 15.2. The molecule has 0 aliphatic heterocycles. The Balaban J connectivity index is 1.41. The standard InChI is InChI=1S/C20H27N5/c1-2-7-17(8-3-1)23-20-24-18(15-9-10-15)14-19(25-20)22-13-11-16-6-4-5-12-21-16/h4-6,12,14-15,17H,1-3,7-11,13H2,(H2,22,23,24,25). The summed E-state index contributed by atoms with van der Waals surface area (Å²) in [4.78, 5) is 13.9. The van der Waals surface area contributed by atoms with E-state index in [4.69, 9.17) is 9.97 Å². The van der Waals surface area contributed by atoms with Crippen LogP contribution in [0.25, 0.3) is 0 Å². The Morgan fingerprint density at radius 1 is 1.00 bits per heavy atom. The van der Waals surface area contributed by atoms with E-state index in [-0.39, 0.29) is 0 Å². The Morgan fingerprint density at radius 3 is 2.64 bits per heavy atom. The van der Waals surface area contributed by atoms with Gasteiger partial charge in [0, 0.05) is 42.9 Å². The van der Waals surface area contributed by atoms with Crippen LogP contribution in [-0.2, 0) is 6.42 Å². The molecule has 2 fully saturated rings. The molecule has 2 N–H and O–H groups in total. The van der Waals surface area contributed by atoms with Crippen molar-refractivity contribution in [3.8, 4) is 0 Å². The van der Waals surface area contributed by atoms with Crippen molar-refractivity contribution in [1.82, 2.24) is 15.0 Å². The lowest BCUT2D eigenvalue weighted by Crippen LogP contribution is -2.24. The minimum Gasteiger partial charge on any atom is -0.370 e. The highest BCUT2D eigenvalue weighted by Crippen LogP contribution is 2.40. The van der Waals surface area contributed by atoms with Crippen molar-refractivity contribution in [2.24, 2.45) is 0 Å². The van der Waals surface area contributed by atoms with Gasteiger partial charge in [-0.2, -0.15) is 4.98 Å². The highest BCUT2D eigenvalue weighted by Gasteiger charge is 2.26. The van der Waals surface area contributed by atoms with Gasteiger partial charge in [0.05, 0.1) is 5.69 Å². The maximum atomic E-state index is 4.78. The average Bonchev–Trinajstić information content (AvgIpc) is 3.49. The van der Waals surface area contributed by atoms with Crippen molar-refractivity contribution in [3.63, 3.8) is 0 Å². The molecule has 2 heterocycles. The largest absolute Gasteiger partial charge is 0.370 e. The summed E-state index contributed by atoms with van der Waals surface area (Å²) in [5.74, 6) is 2.37. The number of nitrogens with one attached hydrogen (secondary N) is 2. The summed E-state index contributed by atoms with van der Waals surface area (Å²) >= 11 is 0. The van der Waals surface area contributed by atoms with Crippen molar-refractivity contribution in [1.29, 1.82) is 0 Å². The lowest BCUT2D eigenvalue weighted by Gasteiger charge is -2.23. The van der Waals surface area contributed by atoms with Crippen molar-refractivity contribution in [3.05, 3.63) is 41.9 Å². The predicted molar refractivity (Wildman–Crippen MR) is 101 cm³/mol. The minimum atomic E-state index is 0.532. The minimum absolute atomic E-state index is 0.532. The zero-order valence-electron chi connectivity index (χ0n) is 14.7. The molecule has 0 aromatic carbocycles. The molecule has 25 heavy (non-hydrogen) atoms. The third kappa shape index (κ3) is 4.68. The monoisotopic (exact) mass is 337 g/mol. The van der Waals surface area contributed by atoms with Gasteiger partial charge in [0.15, 0.2) is 0 Å². The van der Waals surface area contributed by atoms with Crippen molar-refractivity contribution in [2.75, 3.05) is 17.2 Å². The van der Waals surface area contributed by atoms with E-state index >= 15 is 0 Å². The normalized spacial score (nSPS) is 18.1. The first-order chi connectivity index (χ1) is 12.4. The number of hydrogen-bond acceptors (Lipinski definition) is 5. The molecule has 0 saturated heterocycles. The first kappa shape index (κ1) is 16.3. The second-order valence-corrected chi connectivity index (χ2v) is 7.25. The van der Waals surface area contributed by atoms with Gasteiger partial charge in [-0.05, 0) is 37.8 Å². The van der Waals surface area contributed by atoms with E-state index in [2.05, 4.69) is 27.8 Å². The summed E-state index contributed by atoms with van der Waals surface area (Å²) in [6, 6.07) is 8.70. The summed E-state index contributed by atoms with van der Waals surface area (Å²) in [7, 11) is 0. The van der Waals surface area contributed by atoms with Gasteiger partial charge in [-0.3, -0.25) is 4.98 Å². The molecular weight excluding hydrogens is 310 g/mol. The fraction of sp³-hybridized carbons (Fsp3) is 0.550. The molecule has 4 rings (SSSR count). The van der Waals surface area contributed by atoms with E-state index in [9.17, 15) is 0 Å². The molecule has 2 aromatic rings. The lowest BCUT2D eigenvalue weighted by molar-refractivity contribution is 0.460. The van der Waals surface area contributed by atoms with Gasteiger partial charge in [0.2, 0.25) is 5.95 Å². The third-order valence-corrected chi connectivity index (χ3v) is 5.09. The average molecular weight is 337 g/mol. The summed E-state index contributed by atoms with van der Waals surface area (Å²) < 4.78 is 0. The number of aromatic nitrogens is 3. The molecule has 5 heteroatoms. The second kappa shape index (κ2) is 7.81. The van der Waals surface area contributed by atoms with E-state index < -0.39 is 0 Å². The Morgan fingerprint density at radius 2 is 1.88 bits per heavy atom. The van der Waals surface area contributed by atoms with Crippen LogP contribution in [0.1, 0.15) is 62.3 Å². The SMILES string of the molecule is c1ccc(CCNc2cc(C3CC3)nc(NC3CCCCC3)n2)nc1. The molecule has 5 nitrogen and oxygen atoms in total. The van der Waals surface area contributed by atoms with E-state index in [0.29, 0.717) is 12.0 Å². The van der Waals surface area contributed by atoms with Crippen LogP contribution in [0.3, 0.4) is 0 Å². The predicted octanol–water partition coefficient (Wildman–Crippen LogP) is 4.15. The maximum Gasteiger partial charge on any atom is 0.225 e. The lowest BCUT2D eigenvalue weighted by atomic mass is 9.96. The zero-order chi connectivity index (χ0) is 16.9. The second-order valence-electron chi connectivity index (χ2n) is 7.25. The van der Waals surface area contributed by atoms with Gasteiger partial charge in [0.1, 0.15) is 5.82 Å². The van der Waals surface area contributed by atoms with Gasteiger partial charge in [-0.1, -0.05) is 25.3 Å². The molecule has 2 aliphatic rings. The number of hydrogen-bond donors (Lipinski definition) is 2. The summed E-state index contributed by atoms with van der Waals surface area (Å²) in [6.07, 6.45) is 11.7. The molecule has 2 aliphatic carbocycles. The van der Waals surface area contributed by atoms with Crippen molar-refractivity contribution < 1.29 is 0 Å².